The average molecular weight is 168 g/mol. The van der Waals surface area contributed by atoms with Gasteiger partial charge in [0, 0.05) is 11.5 Å². The fraction of sp³-hybridized carbons (Fsp3) is 0.500. The Bertz CT molecular complexity index is 220. The maximum Gasteiger partial charge on any atom is 0.159 e. The van der Waals surface area contributed by atoms with Gasteiger partial charge >= 0.3 is 0 Å². The van der Waals surface area contributed by atoms with Crippen LogP contribution < -0.4 is 0 Å². The number of carbonyl (C=O) groups is 1. The van der Waals surface area contributed by atoms with Crippen molar-refractivity contribution in [2.45, 2.75) is 27.7 Å². The Hall–Kier alpha value is -1.05. The van der Waals surface area contributed by atoms with Crippen LogP contribution in [0.5, 0.6) is 0 Å². The van der Waals surface area contributed by atoms with Crippen LogP contribution in [-0.4, -0.2) is 10.9 Å². The molecule has 0 heterocycles. The number of aliphatic hydroxyl groups is 1. The third kappa shape index (κ3) is 2.91. The molecule has 0 bridgehead atoms. The Kier molecular flexibility index (Phi) is 4.34. The van der Waals surface area contributed by atoms with Crippen molar-refractivity contribution < 1.29 is 9.90 Å². The van der Waals surface area contributed by atoms with Crippen LogP contribution in [0.2, 0.25) is 0 Å². The highest BCUT2D eigenvalue weighted by molar-refractivity contribution is 5.94. The molecule has 0 aliphatic rings. The predicted octanol–water partition coefficient (Wildman–Crippen LogP) is 2.62. The van der Waals surface area contributed by atoms with E-state index in [1.54, 1.807) is 0 Å². The summed E-state index contributed by atoms with van der Waals surface area (Å²) in [6.07, 6.45) is 3.76. The molecule has 1 atom stereocenters. The van der Waals surface area contributed by atoms with Crippen molar-refractivity contribution in [3.63, 3.8) is 0 Å². The molecule has 68 valence electrons. The first kappa shape index (κ1) is 11.0. The Morgan fingerprint density at radius 2 is 1.92 bits per heavy atom. The molecule has 0 rings (SSSR count). The van der Waals surface area contributed by atoms with Crippen LogP contribution in [0.15, 0.2) is 23.5 Å². The molecule has 0 saturated heterocycles. The van der Waals surface area contributed by atoms with E-state index in [0.29, 0.717) is 5.57 Å². The van der Waals surface area contributed by atoms with E-state index in [2.05, 4.69) is 0 Å². The zero-order chi connectivity index (χ0) is 9.72. The van der Waals surface area contributed by atoms with Crippen molar-refractivity contribution in [1.29, 1.82) is 0 Å². The zero-order valence-corrected chi connectivity index (χ0v) is 8.09. The van der Waals surface area contributed by atoms with Gasteiger partial charge in [0.25, 0.3) is 0 Å². The Morgan fingerprint density at radius 3 is 2.17 bits per heavy atom. The van der Waals surface area contributed by atoms with Crippen LogP contribution in [0.1, 0.15) is 27.7 Å². The number of hydrogen-bond acceptors (Lipinski definition) is 2. The SMILES string of the molecule is C/C=C/C(C)/C(C(C)=O)=C(/C)O. The van der Waals surface area contributed by atoms with Gasteiger partial charge in [0.15, 0.2) is 5.78 Å². The first-order valence-electron chi connectivity index (χ1n) is 4.04. The summed E-state index contributed by atoms with van der Waals surface area (Å²) in [5.41, 5.74) is 0.494. The number of allylic oxidation sites excluding steroid dienone is 4. The summed E-state index contributed by atoms with van der Waals surface area (Å²) < 4.78 is 0. The van der Waals surface area contributed by atoms with Gasteiger partial charge in [0.1, 0.15) is 0 Å². The van der Waals surface area contributed by atoms with Crippen molar-refractivity contribution in [2.24, 2.45) is 5.92 Å². The van der Waals surface area contributed by atoms with Crippen molar-refractivity contribution in [3.8, 4) is 0 Å². The summed E-state index contributed by atoms with van der Waals surface area (Å²) in [7, 11) is 0. The smallest absolute Gasteiger partial charge is 0.159 e. The van der Waals surface area contributed by atoms with E-state index < -0.39 is 0 Å². The monoisotopic (exact) mass is 168 g/mol. The summed E-state index contributed by atoms with van der Waals surface area (Å²) in [6, 6.07) is 0. The molecule has 0 spiro atoms. The summed E-state index contributed by atoms with van der Waals surface area (Å²) in [5.74, 6) is 0.0474. The molecular formula is C10H16O2. The summed E-state index contributed by atoms with van der Waals surface area (Å²) >= 11 is 0. The normalized spacial score (nSPS) is 16.0. The Labute approximate surface area is 73.6 Å². The molecular weight excluding hydrogens is 152 g/mol. The number of ketones is 1. The van der Waals surface area contributed by atoms with Crippen molar-refractivity contribution in [2.75, 3.05) is 0 Å². The number of hydrogen-bond donors (Lipinski definition) is 1. The average Bonchev–Trinajstić information content (AvgIpc) is 1.85. The summed E-state index contributed by atoms with van der Waals surface area (Å²) in [6.45, 7) is 6.78. The maximum atomic E-state index is 11.0. The second-order valence-corrected chi connectivity index (χ2v) is 2.87. The molecule has 0 amide bonds. The highest BCUT2D eigenvalue weighted by Gasteiger charge is 2.13. The largest absolute Gasteiger partial charge is 0.512 e. The van der Waals surface area contributed by atoms with Gasteiger partial charge in [-0.3, -0.25) is 4.79 Å². The third-order valence-electron chi connectivity index (χ3n) is 1.71. The van der Waals surface area contributed by atoms with Crippen LogP contribution in [-0.2, 0) is 4.79 Å². The third-order valence-corrected chi connectivity index (χ3v) is 1.71. The molecule has 0 saturated carbocycles. The topological polar surface area (TPSA) is 37.3 Å². The van der Waals surface area contributed by atoms with Gasteiger partial charge in [-0.05, 0) is 20.8 Å². The second-order valence-electron chi connectivity index (χ2n) is 2.87. The van der Waals surface area contributed by atoms with Crippen LogP contribution in [0.3, 0.4) is 0 Å². The molecule has 0 fully saturated rings. The predicted molar refractivity (Wildman–Crippen MR) is 50.0 cm³/mol. The number of rotatable bonds is 3. The quantitative estimate of drug-likeness (QED) is 0.399. The lowest BCUT2D eigenvalue weighted by atomic mass is 9.96. The van der Waals surface area contributed by atoms with Gasteiger partial charge in [-0.1, -0.05) is 19.1 Å². The zero-order valence-electron chi connectivity index (χ0n) is 8.09. The summed E-state index contributed by atoms with van der Waals surface area (Å²) in [4.78, 5) is 11.0. The van der Waals surface area contributed by atoms with Crippen LogP contribution in [0.25, 0.3) is 0 Å². The Morgan fingerprint density at radius 1 is 1.42 bits per heavy atom. The van der Waals surface area contributed by atoms with E-state index in [-0.39, 0.29) is 17.5 Å². The van der Waals surface area contributed by atoms with E-state index in [0.717, 1.165) is 0 Å². The van der Waals surface area contributed by atoms with Crippen molar-refractivity contribution in [3.05, 3.63) is 23.5 Å². The van der Waals surface area contributed by atoms with Gasteiger partial charge in [-0.25, -0.2) is 0 Å². The number of Topliss-reactive ketones (excluding diaryl/α,β-unsaturated/α-hetero) is 1. The highest BCUT2D eigenvalue weighted by Crippen LogP contribution is 2.16. The first-order chi connectivity index (χ1) is 5.50. The fourth-order valence-corrected chi connectivity index (χ4v) is 1.29. The fourth-order valence-electron chi connectivity index (χ4n) is 1.29. The minimum absolute atomic E-state index is 0.00231. The van der Waals surface area contributed by atoms with Gasteiger partial charge in [0.2, 0.25) is 0 Å². The van der Waals surface area contributed by atoms with E-state index in [4.69, 9.17) is 0 Å². The van der Waals surface area contributed by atoms with E-state index in [1.807, 2.05) is 26.0 Å². The lowest BCUT2D eigenvalue weighted by Crippen LogP contribution is -2.07. The van der Waals surface area contributed by atoms with Crippen LogP contribution in [0.4, 0.5) is 0 Å². The molecule has 0 aliphatic carbocycles. The molecule has 1 N–H and O–H groups in total. The molecule has 0 aromatic heterocycles. The molecule has 12 heavy (non-hydrogen) atoms. The minimum atomic E-state index is -0.0689. The highest BCUT2D eigenvalue weighted by atomic mass is 16.3. The number of aliphatic hydroxyl groups excluding tert-OH is 1. The molecule has 2 nitrogen and oxygen atoms in total. The lowest BCUT2D eigenvalue weighted by molar-refractivity contribution is -0.114. The Balaban J connectivity index is 4.78. The van der Waals surface area contributed by atoms with E-state index >= 15 is 0 Å². The maximum absolute atomic E-state index is 11.0. The van der Waals surface area contributed by atoms with Crippen LogP contribution in [0, 0.1) is 5.92 Å². The molecule has 0 aromatic carbocycles. The molecule has 0 aromatic rings. The molecule has 2 heteroatoms. The lowest BCUT2D eigenvalue weighted by Gasteiger charge is -2.09. The van der Waals surface area contributed by atoms with E-state index in [9.17, 15) is 9.90 Å². The summed E-state index contributed by atoms with van der Waals surface area (Å²) in [5, 5.41) is 9.20. The molecule has 0 radical (unpaired) electrons. The molecule has 0 aliphatic heterocycles. The standard InChI is InChI=1S/C10H16O2/c1-5-6-7(2)10(8(3)11)9(4)12/h5-7,11H,1-4H3/b6-5+,10-8+. The van der Waals surface area contributed by atoms with Gasteiger partial charge in [-0.2, -0.15) is 0 Å². The van der Waals surface area contributed by atoms with Crippen molar-refractivity contribution >= 4 is 5.78 Å². The molecule has 1 unspecified atom stereocenters. The van der Waals surface area contributed by atoms with Gasteiger partial charge in [-0.15, -0.1) is 0 Å². The van der Waals surface area contributed by atoms with Gasteiger partial charge in [0.05, 0.1) is 5.76 Å². The number of carbonyl (C=O) groups excluding carboxylic acids is 1. The second kappa shape index (κ2) is 4.75. The first-order valence-corrected chi connectivity index (χ1v) is 4.04. The van der Waals surface area contributed by atoms with Gasteiger partial charge < -0.3 is 5.11 Å². The minimum Gasteiger partial charge on any atom is -0.512 e. The van der Waals surface area contributed by atoms with Crippen LogP contribution >= 0.6 is 0 Å². The van der Waals surface area contributed by atoms with E-state index in [1.165, 1.54) is 13.8 Å². The van der Waals surface area contributed by atoms with Crippen molar-refractivity contribution in [1.82, 2.24) is 0 Å².